The summed E-state index contributed by atoms with van der Waals surface area (Å²) in [5.41, 5.74) is 9.97. The second kappa shape index (κ2) is 6.83. The zero-order chi connectivity index (χ0) is 19.0. The number of carbonyl (C=O) groups excluding carboxylic acids is 1. The van der Waals surface area contributed by atoms with Crippen LogP contribution in [0.4, 0.5) is 10.5 Å². The molecule has 2 aromatic carbocycles. The van der Waals surface area contributed by atoms with Crippen molar-refractivity contribution in [3.63, 3.8) is 0 Å². The smallest absolute Gasteiger partial charge is 0.338 e. The highest BCUT2D eigenvalue weighted by Gasteiger charge is 2.32. The number of hydrogen-bond donors (Lipinski definition) is 2. The van der Waals surface area contributed by atoms with E-state index in [4.69, 9.17) is 15.2 Å². The largest absolute Gasteiger partial charge is 0.454 e. The molecule has 0 fully saturated rings. The number of nitrogens with two attached hydrogens (primary N) is 1. The van der Waals surface area contributed by atoms with E-state index >= 15 is 0 Å². The minimum absolute atomic E-state index is 0.196. The van der Waals surface area contributed by atoms with E-state index in [0.29, 0.717) is 29.4 Å². The van der Waals surface area contributed by atoms with Gasteiger partial charge in [0.05, 0.1) is 11.8 Å². The molecular formula is C20H22N4O3. The van der Waals surface area contributed by atoms with Gasteiger partial charge in [-0.3, -0.25) is 0 Å². The number of anilines is 1. The number of benzene rings is 2. The molecule has 0 radical (unpaired) electrons. The van der Waals surface area contributed by atoms with Crippen LogP contribution >= 0.6 is 0 Å². The highest BCUT2D eigenvalue weighted by atomic mass is 16.7. The van der Waals surface area contributed by atoms with Gasteiger partial charge in [0.15, 0.2) is 11.5 Å². The van der Waals surface area contributed by atoms with E-state index < -0.39 is 0 Å². The van der Waals surface area contributed by atoms with E-state index in [0.717, 1.165) is 23.1 Å². The Hall–Kier alpha value is -3.22. The van der Waals surface area contributed by atoms with Crippen LogP contribution in [-0.2, 0) is 0 Å². The molecule has 27 heavy (non-hydrogen) atoms. The minimum Gasteiger partial charge on any atom is -0.454 e. The first-order chi connectivity index (χ1) is 13.1. The summed E-state index contributed by atoms with van der Waals surface area (Å²) in [5.74, 6) is 1.38. The third-order valence-electron chi connectivity index (χ3n) is 4.74. The number of ether oxygens (including phenoxy) is 2. The summed E-state index contributed by atoms with van der Waals surface area (Å²) in [6.07, 6.45) is 0.859. The number of hydrogen-bond acceptors (Lipinski definition) is 5. The van der Waals surface area contributed by atoms with Gasteiger partial charge in [0.1, 0.15) is 0 Å². The van der Waals surface area contributed by atoms with Gasteiger partial charge in [-0.15, -0.1) is 0 Å². The number of nitrogen functional groups attached to an aromatic ring is 1. The lowest BCUT2D eigenvalue weighted by atomic mass is 9.91. The van der Waals surface area contributed by atoms with E-state index in [1.807, 2.05) is 50.2 Å². The molecule has 1 atom stereocenters. The second-order valence-electron chi connectivity index (χ2n) is 6.62. The van der Waals surface area contributed by atoms with Crippen molar-refractivity contribution in [3.05, 3.63) is 53.1 Å². The molecule has 4 rings (SSSR count). The highest BCUT2D eigenvalue weighted by Crippen LogP contribution is 2.41. The van der Waals surface area contributed by atoms with Gasteiger partial charge in [-0.05, 0) is 43.2 Å². The van der Waals surface area contributed by atoms with E-state index in [-0.39, 0.29) is 18.9 Å². The molecule has 2 aliphatic rings. The second-order valence-corrected chi connectivity index (χ2v) is 6.62. The van der Waals surface area contributed by atoms with Gasteiger partial charge in [-0.25, -0.2) is 9.80 Å². The van der Waals surface area contributed by atoms with E-state index in [9.17, 15) is 4.79 Å². The summed E-state index contributed by atoms with van der Waals surface area (Å²) in [4.78, 5) is 12.7. The molecule has 0 saturated heterocycles. The zero-order valence-electron chi connectivity index (χ0n) is 15.4. The monoisotopic (exact) mass is 366 g/mol. The Morgan fingerprint density at radius 1 is 1.26 bits per heavy atom. The molecule has 140 valence electrons. The highest BCUT2D eigenvalue weighted by molar-refractivity contribution is 6.15. The number of hydrazone groups is 1. The van der Waals surface area contributed by atoms with Crippen molar-refractivity contribution < 1.29 is 14.3 Å². The third kappa shape index (κ3) is 3.05. The van der Waals surface area contributed by atoms with E-state index in [1.54, 1.807) is 0 Å². The topological polar surface area (TPSA) is 89.2 Å². The van der Waals surface area contributed by atoms with Crippen LogP contribution in [0.2, 0.25) is 0 Å². The fourth-order valence-corrected chi connectivity index (χ4v) is 3.28. The van der Waals surface area contributed by atoms with E-state index in [1.165, 1.54) is 5.01 Å². The number of nitrogens with one attached hydrogen (secondary N) is 1. The number of urea groups is 1. The molecule has 2 amide bonds. The standard InChI is InChI=1S/C20H22N4O3/c1-3-8-22-20(25)24-12(2)15-9-17-18(27-11-26-17)10-16(15)19(23-24)13-4-6-14(21)7-5-13/h4-7,9-10,12H,3,8,11,21H2,1-2H3,(H,22,25). The molecule has 2 aromatic rings. The molecule has 2 aliphatic heterocycles. The lowest BCUT2D eigenvalue weighted by molar-refractivity contribution is 0.173. The summed E-state index contributed by atoms with van der Waals surface area (Å²) in [7, 11) is 0. The molecule has 0 aromatic heterocycles. The molecule has 2 heterocycles. The molecule has 3 N–H and O–H groups in total. The number of fused-ring (bicyclic) bond motifs is 2. The predicted molar refractivity (Wildman–Crippen MR) is 103 cm³/mol. The van der Waals surface area contributed by atoms with Crippen molar-refractivity contribution in [1.82, 2.24) is 10.3 Å². The van der Waals surface area contributed by atoms with Crippen LogP contribution in [0.3, 0.4) is 0 Å². The normalized spacial score (nSPS) is 17.3. The summed E-state index contributed by atoms with van der Waals surface area (Å²) < 4.78 is 11.1. The van der Waals surface area contributed by atoms with Crippen molar-refractivity contribution in [3.8, 4) is 11.5 Å². The molecular weight excluding hydrogens is 344 g/mol. The van der Waals surface area contributed by atoms with Gasteiger partial charge in [0.2, 0.25) is 6.79 Å². The Bertz CT molecular complexity index is 908. The Balaban J connectivity index is 1.83. The summed E-state index contributed by atoms with van der Waals surface area (Å²) in [6, 6.07) is 10.9. The molecule has 7 heteroatoms. The van der Waals surface area contributed by atoms with Crippen molar-refractivity contribution in [2.45, 2.75) is 26.3 Å². The molecule has 0 bridgehead atoms. The van der Waals surface area contributed by atoms with Gasteiger partial charge in [0, 0.05) is 23.4 Å². The van der Waals surface area contributed by atoms with Crippen molar-refractivity contribution >= 4 is 17.4 Å². The van der Waals surface area contributed by atoms with Gasteiger partial charge in [0.25, 0.3) is 0 Å². The molecule has 0 aliphatic carbocycles. The average molecular weight is 366 g/mol. The fourth-order valence-electron chi connectivity index (χ4n) is 3.28. The quantitative estimate of drug-likeness (QED) is 0.816. The number of amides is 2. The number of nitrogens with zero attached hydrogens (tertiary/aromatic N) is 2. The minimum atomic E-state index is -0.233. The molecule has 0 spiro atoms. The third-order valence-corrected chi connectivity index (χ3v) is 4.74. The Kier molecular flexibility index (Phi) is 4.35. The Morgan fingerprint density at radius 2 is 1.96 bits per heavy atom. The lowest BCUT2D eigenvalue weighted by Gasteiger charge is -2.32. The van der Waals surface area contributed by atoms with Crippen molar-refractivity contribution in [2.24, 2.45) is 5.10 Å². The SMILES string of the molecule is CCCNC(=O)N1N=C(c2ccc(N)cc2)c2cc3c(cc2C1C)OCO3. The first-order valence-corrected chi connectivity index (χ1v) is 9.04. The Morgan fingerprint density at radius 3 is 2.67 bits per heavy atom. The first kappa shape index (κ1) is 17.2. The maximum atomic E-state index is 12.7. The predicted octanol–water partition coefficient (Wildman–Crippen LogP) is 3.25. The van der Waals surface area contributed by atoms with Gasteiger partial charge in [-0.2, -0.15) is 5.10 Å². The summed E-state index contributed by atoms with van der Waals surface area (Å²) in [6.45, 7) is 4.76. The van der Waals surface area contributed by atoms with Crippen LogP contribution in [0.1, 0.15) is 43.0 Å². The van der Waals surface area contributed by atoms with Gasteiger partial charge >= 0.3 is 6.03 Å². The van der Waals surface area contributed by atoms with Crippen LogP contribution in [0.15, 0.2) is 41.5 Å². The first-order valence-electron chi connectivity index (χ1n) is 9.04. The molecule has 0 saturated carbocycles. The van der Waals surface area contributed by atoms with Crippen LogP contribution in [0.25, 0.3) is 0 Å². The van der Waals surface area contributed by atoms with Crippen LogP contribution < -0.4 is 20.5 Å². The average Bonchev–Trinajstić information content (AvgIpc) is 3.13. The summed E-state index contributed by atoms with van der Waals surface area (Å²) >= 11 is 0. The maximum absolute atomic E-state index is 12.7. The van der Waals surface area contributed by atoms with Crippen LogP contribution in [-0.4, -0.2) is 30.1 Å². The van der Waals surface area contributed by atoms with Crippen molar-refractivity contribution in [2.75, 3.05) is 19.1 Å². The molecule has 7 nitrogen and oxygen atoms in total. The van der Waals surface area contributed by atoms with Crippen LogP contribution in [0, 0.1) is 0 Å². The van der Waals surface area contributed by atoms with E-state index in [2.05, 4.69) is 10.4 Å². The Labute approximate surface area is 157 Å². The number of rotatable bonds is 3. The fraction of sp³-hybridized carbons (Fsp3) is 0.300. The zero-order valence-corrected chi connectivity index (χ0v) is 15.4. The van der Waals surface area contributed by atoms with Crippen LogP contribution in [0.5, 0.6) is 11.5 Å². The van der Waals surface area contributed by atoms with Gasteiger partial charge < -0.3 is 20.5 Å². The van der Waals surface area contributed by atoms with Crippen molar-refractivity contribution in [1.29, 1.82) is 0 Å². The number of carbonyl (C=O) groups is 1. The van der Waals surface area contributed by atoms with Gasteiger partial charge in [-0.1, -0.05) is 19.1 Å². The molecule has 1 unspecified atom stereocenters. The lowest BCUT2D eigenvalue weighted by Crippen LogP contribution is -2.41. The maximum Gasteiger partial charge on any atom is 0.338 e. The summed E-state index contributed by atoms with van der Waals surface area (Å²) in [5, 5.41) is 9.08.